The molecule has 2 rings (SSSR count). The largest absolute Gasteiger partial charge is 0.507 e. The molecule has 1 amide bonds. The van der Waals surface area contributed by atoms with Gasteiger partial charge in [-0.05, 0) is 36.4 Å². The number of phenolic OH excluding ortho intramolecular Hbond substituents is 1. The highest BCUT2D eigenvalue weighted by Gasteiger charge is 2.16. The molecule has 0 spiro atoms. The van der Waals surface area contributed by atoms with Crippen LogP contribution in [-0.4, -0.2) is 17.3 Å². The number of phenols is 1. The monoisotopic (exact) mass is 259 g/mol. The van der Waals surface area contributed by atoms with Gasteiger partial charge in [0, 0.05) is 11.3 Å². The first-order chi connectivity index (χ1) is 9.11. The van der Waals surface area contributed by atoms with Crippen molar-refractivity contribution in [2.45, 2.75) is 0 Å². The number of carbonyl (C=O) groups excluding carboxylic acids is 2. The van der Waals surface area contributed by atoms with E-state index in [0.717, 1.165) is 6.07 Å². The van der Waals surface area contributed by atoms with Gasteiger partial charge in [-0.3, -0.25) is 9.59 Å². The molecule has 5 heteroatoms. The zero-order valence-electron chi connectivity index (χ0n) is 9.76. The van der Waals surface area contributed by atoms with Crippen LogP contribution >= 0.6 is 0 Å². The first-order valence-corrected chi connectivity index (χ1v) is 5.46. The molecule has 2 aromatic rings. The zero-order chi connectivity index (χ0) is 13.8. The fourth-order valence-electron chi connectivity index (χ4n) is 1.58. The van der Waals surface area contributed by atoms with E-state index in [0.29, 0.717) is 17.5 Å². The fraction of sp³-hybridized carbons (Fsp3) is 0. The lowest BCUT2D eigenvalue weighted by Gasteiger charge is -2.07. The summed E-state index contributed by atoms with van der Waals surface area (Å²) < 4.78 is 13.5. The van der Waals surface area contributed by atoms with Crippen LogP contribution in [0, 0.1) is 5.82 Å². The van der Waals surface area contributed by atoms with Crippen LogP contribution in [0.25, 0.3) is 0 Å². The summed E-state index contributed by atoms with van der Waals surface area (Å²) in [6, 6.07) is 9.69. The fourth-order valence-corrected chi connectivity index (χ4v) is 1.58. The predicted molar refractivity (Wildman–Crippen MR) is 67.8 cm³/mol. The van der Waals surface area contributed by atoms with Crippen LogP contribution in [-0.2, 0) is 0 Å². The Labute approximate surface area is 108 Å². The number of amides is 1. The second-order valence-electron chi connectivity index (χ2n) is 3.83. The summed E-state index contributed by atoms with van der Waals surface area (Å²) in [4.78, 5) is 22.3. The third kappa shape index (κ3) is 2.77. The average molecular weight is 259 g/mol. The summed E-state index contributed by atoms with van der Waals surface area (Å²) in [6.07, 6.45) is 0.675. The molecular formula is C14H10FNO3. The molecule has 4 nitrogen and oxygen atoms in total. The minimum absolute atomic E-state index is 0.401. The molecule has 0 heterocycles. The van der Waals surface area contributed by atoms with E-state index in [2.05, 4.69) is 5.32 Å². The summed E-state index contributed by atoms with van der Waals surface area (Å²) in [5.74, 6) is -1.99. The maximum absolute atomic E-state index is 13.5. The number of aromatic hydroxyl groups is 1. The molecule has 0 aliphatic rings. The number of nitrogens with one attached hydrogen (secondary N) is 1. The third-order valence-electron chi connectivity index (χ3n) is 2.52. The van der Waals surface area contributed by atoms with E-state index in [-0.39, 0.29) is 0 Å². The Morgan fingerprint density at radius 3 is 2.42 bits per heavy atom. The first kappa shape index (κ1) is 12.8. The molecule has 0 unspecified atom stereocenters. The number of carbonyl (C=O) groups is 2. The molecular weight excluding hydrogens is 249 g/mol. The van der Waals surface area contributed by atoms with Crippen molar-refractivity contribution in [1.82, 2.24) is 0 Å². The van der Waals surface area contributed by atoms with E-state index < -0.39 is 23.0 Å². The van der Waals surface area contributed by atoms with Gasteiger partial charge in [0.05, 0.1) is 0 Å². The van der Waals surface area contributed by atoms with Crippen molar-refractivity contribution >= 4 is 17.9 Å². The van der Waals surface area contributed by atoms with Crippen molar-refractivity contribution in [3.63, 3.8) is 0 Å². The van der Waals surface area contributed by atoms with E-state index in [1.807, 2.05) is 0 Å². The maximum Gasteiger partial charge on any atom is 0.262 e. The lowest BCUT2D eigenvalue weighted by molar-refractivity contribution is 0.102. The van der Waals surface area contributed by atoms with Crippen LogP contribution in [0.3, 0.4) is 0 Å². The molecule has 0 fully saturated rings. The molecule has 0 saturated heterocycles. The standard InChI is InChI=1S/C14H10FNO3/c15-11-2-1-3-12(18)13(11)14(19)16-10-6-4-9(8-17)5-7-10/h1-8,18H,(H,16,19). The van der Waals surface area contributed by atoms with Crippen LogP contribution in [0.5, 0.6) is 5.75 Å². The van der Waals surface area contributed by atoms with E-state index in [1.165, 1.54) is 36.4 Å². The second-order valence-corrected chi connectivity index (χ2v) is 3.83. The number of rotatable bonds is 3. The van der Waals surface area contributed by atoms with Gasteiger partial charge in [-0.1, -0.05) is 6.07 Å². The topological polar surface area (TPSA) is 66.4 Å². The number of aldehydes is 1. The van der Waals surface area contributed by atoms with Crippen LogP contribution in [0.4, 0.5) is 10.1 Å². The maximum atomic E-state index is 13.5. The van der Waals surface area contributed by atoms with Crippen molar-refractivity contribution in [2.75, 3.05) is 5.32 Å². The van der Waals surface area contributed by atoms with Gasteiger partial charge in [0.1, 0.15) is 23.4 Å². The van der Waals surface area contributed by atoms with Gasteiger partial charge in [0.2, 0.25) is 0 Å². The van der Waals surface area contributed by atoms with Gasteiger partial charge >= 0.3 is 0 Å². The molecule has 0 radical (unpaired) electrons. The van der Waals surface area contributed by atoms with Gasteiger partial charge in [0.15, 0.2) is 0 Å². The van der Waals surface area contributed by atoms with E-state index in [9.17, 15) is 19.1 Å². The molecule has 0 aromatic heterocycles. The van der Waals surface area contributed by atoms with Crippen molar-refractivity contribution in [3.05, 3.63) is 59.4 Å². The van der Waals surface area contributed by atoms with Gasteiger partial charge < -0.3 is 10.4 Å². The minimum atomic E-state index is -0.804. The van der Waals surface area contributed by atoms with Gasteiger partial charge in [0.25, 0.3) is 5.91 Å². The van der Waals surface area contributed by atoms with Crippen molar-refractivity contribution in [3.8, 4) is 5.75 Å². The molecule has 2 aromatic carbocycles. The van der Waals surface area contributed by atoms with Crippen LogP contribution in [0.15, 0.2) is 42.5 Å². The van der Waals surface area contributed by atoms with Crippen molar-refractivity contribution in [2.24, 2.45) is 0 Å². The lowest BCUT2D eigenvalue weighted by atomic mass is 10.1. The van der Waals surface area contributed by atoms with E-state index >= 15 is 0 Å². The average Bonchev–Trinajstić information content (AvgIpc) is 2.39. The molecule has 0 atom stereocenters. The highest BCUT2D eigenvalue weighted by Crippen LogP contribution is 2.21. The van der Waals surface area contributed by atoms with E-state index in [1.54, 1.807) is 0 Å². The molecule has 0 aliphatic carbocycles. The second kappa shape index (κ2) is 5.30. The van der Waals surface area contributed by atoms with Gasteiger partial charge in [-0.2, -0.15) is 0 Å². The number of hydrogen-bond acceptors (Lipinski definition) is 3. The Balaban J connectivity index is 2.23. The summed E-state index contributed by atoms with van der Waals surface area (Å²) in [5.41, 5.74) is 0.451. The summed E-state index contributed by atoms with van der Waals surface area (Å²) in [7, 11) is 0. The SMILES string of the molecule is O=Cc1ccc(NC(=O)c2c(O)cccc2F)cc1. The Bertz CT molecular complexity index is 603. The van der Waals surface area contributed by atoms with Crippen molar-refractivity contribution in [1.29, 1.82) is 0 Å². The molecule has 0 bridgehead atoms. The number of benzene rings is 2. The molecule has 0 aliphatic heterocycles. The summed E-state index contributed by atoms with van der Waals surface area (Å²) >= 11 is 0. The Morgan fingerprint density at radius 1 is 1.16 bits per heavy atom. The van der Waals surface area contributed by atoms with Crippen LogP contribution < -0.4 is 5.32 Å². The smallest absolute Gasteiger partial charge is 0.262 e. The normalized spacial score (nSPS) is 9.95. The third-order valence-corrected chi connectivity index (χ3v) is 2.52. The number of hydrogen-bond donors (Lipinski definition) is 2. The lowest BCUT2D eigenvalue weighted by Crippen LogP contribution is -2.14. The molecule has 2 N–H and O–H groups in total. The van der Waals surface area contributed by atoms with Crippen LogP contribution in [0.2, 0.25) is 0 Å². The first-order valence-electron chi connectivity index (χ1n) is 5.46. The zero-order valence-corrected chi connectivity index (χ0v) is 9.76. The van der Waals surface area contributed by atoms with Gasteiger partial charge in [-0.25, -0.2) is 4.39 Å². The quantitative estimate of drug-likeness (QED) is 0.832. The molecule has 96 valence electrons. The Hall–Kier alpha value is -2.69. The van der Waals surface area contributed by atoms with E-state index in [4.69, 9.17) is 0 Å². The predicted octanol–water partition coefficient (Wildman–Crippen LogP) is 2.60. The van der Waals surface area contributed by atoms with Gasteiger partial charge in [-0.15, -0.1) is 0 Å². The highest BCUT2D eigenvalue weighted by molar-refractivity contribution is 6.06. The van der Waals surface area contributed by atoms with Crippen molar-refractivity contribution < 1.29 is 19.1 Å². The van der Waals surface area contributed by atoms with Crippen LogP contribution in [0.1, 0.15) is 20.7 Å². The highest BCUT2D eigenvalue weighted by atomic mass is 19.1. The Morgan fingerprint density at radius 2 is 1.84 bits per heavy atom. The Kier molecular flexibility index (Phi) is 3.56. The summed E-state index contributed by atoms with van der Waals surface area (Å²) in [5, 5.41) is 11.9. The summed E-state index contributed by atoms with van der Waals surface area (Å²) in [6.45, 7) is 0. The molecule has 0 saturated carbocycles. The minimum Gasteiger partial charge on any atom is -0.507 e. The molecule has 19 heavy (non-hydrogen) atoms. The number of halogens is 1. The number of anilines is 1.